The van der Waals surface area contributed by atoms with Crippen molar-refractivity contribution in [3.63, 3.8) is 0 Å². The van der Waals surface area contributed by atoms with Gasteiger partial charge in [0, 0.05) is 6.42 Å². The van der Waals surface area contributed by atoms with Crippen LogP contribution < -0.4 is 0 Å². The lowest BCUT2D eigenvalue weighted by Crippen LogP contribution is -2.37. The van der Waals surface area contributed by atoms with Gasteiger partial charge in [0.15, 0.2) is 0 Å². The lowest BCUT2D eigenvalue weighted by molar-refractivity contribution is -0.129. The van der Waals surface area contributed by atoms with Crippen LogP contribution in [0.4, 0.5) is 0 Å². The molecule has 0 heterocycles. The maximum atomic E-state index is 9.83. The van der Waals surface area contributed by atoms with E-state index in [4.69, 9.17) is 4.74 Å². The summed E-state index contributed by atoms with van der Waals surface area (Å²) in [5.41, 5.74) is -0.389. The number of aliphatic hydroxyl groups excluding tert-OH is 1. The molecule has 0 aliphatic heterocycles. The highest BCUT2D eigenvalue weighted by Gasteiger charge is 2.27. The predicted molar refractivity (Wildman–Crippen MR) is 65.1 cm³/mol. The first-order valence-corrected chi connectivity index (χ1v) is 6.04. The minimum atomic E-state index is -0.245. The number of unbranched alkanes of at least 4 members (excludes halogenated alkanes) is 1. The summed E-state index contributed by atoms with van der Waals surface area (Å²) < 4.78 is 5.92. The van der Waals surface area contributed by atoms with Crippen LogP contribution in [0, 0.1) is 0 Å². The Labute approximate surface area is 95.0 Å². The predicted octanol–water partition coefficient (Wildman–Crippen LogP) is 3.52. The molecule has 0 rings (SSSR count). The molecule has 1 N–H and O–H groups in total. The Bertz CT molecular complexity index is 168. The third-order valence-corrected chi connectivity index (χ3v) is 2.20. The van der Waals surface area contributed by atoms with E-state index in [0.717, 1.165) is 19.3 Å². The Morgan fingerprint density at radius 3 is 2.07 bits per heavy atom. The van der Waals surface area contributed by atoms with Crippen molar-refractivity contribution in [2.24, 2.45) is 0 Å². The average Bonchev–Trinajstić information content (AvgIpc) is 1.94. The third kappa shape index (κ3) is 8.88. The molecule has 0 aliphatic carbocycles. The van der Waals surface area contributed by atoms with Gasteiger partial charge in [-0.2, -0.15) is 0 Å². The van der Waals surface area contributed by atoms with E-state index in [-0.39, 0.29) is 17.3 Å². The minimum absolute atomic E-state index is 0.145. The summed E-state index contributed by atoms with van der Waals surface area (Å²) in [4.78, 5) is 0. The van der Waals surface area contributed by atoms with Gasteiger partial charge in [0.05, 0.1) is 17.3 Å². The molecule has 1 unspecified atom stereocenters. The summed E-state index contributed by atoms with van der Waals surface area (Å²) in [5, 5.41) is 9.83. The molecular formula is C13H28O2. The molecular weight excluding hydrogens is 188 g/mol. The fourth-order valence-electron chi connectivity index (χ4n) is 1.98. The first-order chi connectivity index (χ1) is 6.66. The van der Waals surface area contributed by atoms with Crippen molar-refractivity contribution in [2.75, 3.05) is 0 Å². The second-order valence-corrected chi connectivity index (χ2v) is 5.97. The maximum absolute atomic E-state index is 9.83. The van der Waals surface area contributed by atoms with E-state index in [0.29, 0.717) is 6.42 Å². The minimum Gasteiger partial charge on any atom is -0.393 e. The van der Waals surface area contributed by atoms with Crippen molar-refractivity contribution in [3.8, 4) is 0 Å². The van der Waals surface area contributed by atoms with Crippen LogP contribution in [0.1, 0.15) is 67.2 Å². The van der Waals surface area contributed by atoms with Crippen molar-refractivity contribution in [2.45, 2.75) is 84.5 Å². The van der Waals surface area contributed by atoms with Crippen LogP contribution in [0.2, 0.25) is 0 Å². The van der Waals surface area contributed by atoms with Gasteiger partial charge in [-0.05, 0) is 41.0 Å². The summed E-state index contributed by atoms with van der Waals surface area (Å²) in [6.07, 6.45) is 3.59. The molecule has 15 heavy (non-hydrogen) atoms. The van der Waals surface area contributed by atoms with E-state index in [2.05, 4.69) is 6.92 Å². The first-order valence-electron chi connectivity index (χ1n) is 6.04. The second-order valence-electron chi connectivity index (χ2n) is 5.97. The highest BCUT2D eigenvalue weighted by atomic mass is 16.5. The van der Waals surface area contributed by atoms with Crippen LogP contribution in [0.25, 0.3) is 0 Å². The summed E-state index contributed by atoms with van der Waals surface area (Å²) in [7, 11) is 0. The normalized spacial score (nSPS) is 15.4. The Balaban J connectivity index is 4.01. The third-order valence-electron chi connectivity index (χ3n) is 2.20. The molecule has 2 nitrogen and oxygen atoms in total. The van der Waals surface area contributed by atoms with Gasteiger partial charge in [0.25, 0.3) is 0 Å². The van der Waals surface area contributed by atoms with E-state index in [1.807, 2.05) is 34.6 Å². The summed E-state index contributed by atoms with van der Waals surface area (Å²) in [6, 6.07) is 0. The van der Waals surface area contributed by atoms with Crippen molar-refractivity contribution < 1.29 is 9.84 Å². The zero-order chi connectivity index (χ0) is 12.1. The number of ether oxygens (including phenoxy) is 1. The monoisotopic (exact) mass is 216 g/mol. The molecule has 0 aliphatic rings. The first kappa shape index (κ1) is 14.9. The van der Waals surface area contributed by atoms with Crippen LogP contribution in [0.3, 0.4) is 0 Å². The Hall–Kier alpha value is -0.0800. The summed E-state index contributed by atoms with van der Waals surface area (Å²) >= 11 is 0. The van der Waals surface area contributed by atoms with Crippen LogP contribution in [0.15, 0.2) is 0 Å². The lowest BCUT2D eigenvalue weighted by Gasteiger charge is -2.35. The number of rotatable bonds is 6. The Morgan fingerprint density at radius 2 is 1.67 bits per heavy atom. The highest BCUT2D eigenvalue weighted by molar-refractivity contribution is 4.77. The zero-order valence-corrected chi connectivity index (χ0v) is 11.3. The van der Waals surface area contributed by atoms with Crippen LogP contribution in [-0.2, 0) is 4.74 Å². The Morgan fingerprint density at radius 1 is 1.13 bits per heavy atom. The lowest BCUT2D eigenvalue weighted by atomic mass is 9.96. The van der Waals surface area contributed by atoms with Gasteiger partial charge in [0.2, 0.25) is 0 Å². The fourth-order valence-corrected chi connectivity index (χ4v) is 1.98. The SMILES string of the molecule is CCCCC(O)CC(C)(C)OC(C)(C)C. The molecule has 0 bridgehead atoms. The topological polar surface area (TPSA) is 29.5 Å². The molecule has 0 saturated carbocycles. The molecule has 0 spiro atoms. The number of aliphatic hydroxyl groups is 1. The van der Waals surface area contributed by atoms with Crippen LogP contribution >= 0.6 is 0 Å². The number of hydrogen-bond donors (Lipinski definition) is 1. The average molecular weight is 216 g/mol. The second kappa shape index (κ2) is 5.86. The quantitative estimate of drug-likeness (QED) is 0.736. The fraction of sp³-hybridized carbons (Fsp3) is 1.00. The van der Waals surface area contributed by atoms with Gasteiger partial charge >= 0.3 is 0 Å². The summed E-state index contributed by atoms with van der Waals surface area (Å²) in [6.45, 7) is 12.4. The maximum Gasteiger partial charge on any atom is 0.0658 e. The van der Waals surface area contributed by atoms with E-state index < -0.39 is 0 Å². The standard InChI is InChI=1S/C13H28O2/c1-7-8-9-11(14)10-13(5,6)15-12(2,3)4/h11,14H,7-10H2,1-6H3. The zero-order valence-electron chi connectivity index (χ0n) is 11.3. The molecule has 1 atom stereocenters. The summed E-state index contributed by atoms with van der Waals surface area (Å²) in [5.74, 6) is 0. The van der Waals surface area contributed by atoms with Crippen molar-refractivity contribution in [1.82, 2.24) is 0 Å². The molecule has 92 valence electrons. The molecule has 0 amide bonds. The van der Waals surface area contributed by atoms with Gasteiger partial charge in [-0.15, -0.1) is 0 Å². The van der Waals surface area contributed by atoms with Crippen LogP contribution in [-0.4, -0.2) is 22.4 Å². The van der Waals surface area contributed by atoms with E-state index in [1.165, 1.54) is 0 Å². The molecule has 0 saturated heterocycles. The van der Waals surface area contributed by atoms with Gasteiger partial charge in [-0.3, -0.25) is 0 Å². The molecule has 0 aromatic heterocycles. The van der Waals surface area contributed by atoms with Gasteiger partial charge in [-0.25, -0.2) is 0 Å². The van der Waals surface area contributed by atoms with E-state index >= 15 is 0 Å². The molecule has 0 aromatic rings. The van der Waals surface area contributed by atoms with Crippen molar-refractivity contribution in [1.29, 1.82) is 0 Å². The van der Waals surface area contributed by atoms with Gasteiger partial charge in [0.1, 0.15) is 0 Å². The van der Waals surface area contributed by atoms with Crippen LogP contribution in [0.5, 0.6) is 0 Å². The molecule has 0 radical (unpaired) electrons. The van der Waals surface area contributed by atoms with Gasteiger partial charge < -0.3 is 9.84 Å². The number of hydrogen-bond acceptors (Lipinski definition) is 2. The molecule has 0 aromatic carbocycles. The van der Waals surface area contributed by atoms with Gasteiger partial charge in [-0.1, -0.05) is 19.8 Å². The smallest absolute Gasteiger partial charge is 0.0658 e. The highest BCUT2D eigenvalue weighted by Crippen LogP contribution is 2.25. The molecule has 2 heteroatoms. The molecule has 0 fully saturated rings. The van der Waals surface area contributed by atoms with Crippen molar-refractivity contribution >= 4 is 0 Å². The van der Waals surface area contributed by atoms with E-state index in [9.17, 15) is 5.11 Å². The largest absolute Gasteiger partial charge is 0.393 e. The van der Waals surface area contributed by atoms with E-state index in [1.54, 1.807) is 0 Å². The van der Waals surface area contributed by atoms with Crippen molar-refractivity contribution in [3.05, 3.63) is 0 Å². The Kier molecular flexibility index (Phi) is 5.82.